The number of benzene rings is 1. The lowest BCUT2D eigenvalue weighted by Gasteiger charge is -2.38. The topological polar surface area (TPSA) is 62.3 Å². The molecule has 1 aromatic heterocycles. The van der Waals surface area contributed by atoms with Crippen molar-refractivity contribution in [1.29, 1.82) is 0 Å². The minimum absolute atomic E-state index is 0.154. The number of thiocarbonyl (C=S) groups is 1. The second-order valence-electron chi connectivity index (χ2n) is 9.85. The lowest BCUT2D eigenvalue weighted by Crippen LogP contribution is -2.45. The number of piperidine rings is 1. The van der Waals surface area contributed by atoms with Gasteiger partial charge in [-0.15, -0.1) is 0 Å². The molecule has 0 amide bonds. The van der Waals surface area contributed by atoms with E-state index in [0.717, 1.165) is 25.3 Å². The Balaban J connectivity index is 1.51. The molecule has 1 aromatic carbocycles. The third-order valence-electron chi connectivity index (χ3n) is 6.84. The van der Waals surface area contributed by atoms with Crippen LogP contribution in [-0.2, 0) is 16.3 Å². The van der Waals surface area contributed by atoms with Gasteiger partial charge in [-0.25, -0.2) is 4.98 Å². The van der Waals surface area contributed by atoms with Crippen molar-refractivity contribution in [1.82, 2.24) is 15.3 Å². The lowest BCUT2D eigenvalue weighted by atomic mass is 9.74. The first-order valence-corrected chi connectivity index (χ1v) is 12.4. The summed E-state index contributed by atoms with van der Waals surface area (Å²) in [5, 5.41) is 6.20. The van der Waals surface area contributed by atoms with Gasteiger partial charge in [0, 0.05) is 44.3 Å². The van der Waals surface area contributed by atoms with E-state index in [1.807, 2.05) is 23.1 Å². The highest BCUT2D eigenvalue weighted by Crippen LogP contribution is 2.35. The molecule has 2 atom stereocenters. The maximum absolute atomic E-state index is 13.6. The number of ether oxygens (including phenoxy) is 1. The molecule has 6 nitrogen and oxygen atoms in total. The van der Waals surface area contributed by atoms with Crippen LogP contribution in [0.25, 0.3) is 0 Å². The molecule has 0 spiro atoms. The molecular formula is C25H32F3N5OS. The minimum atomic E-state index is -4.59. The molecule has 2 N–H and O–H groups in total. The number of nitrogens with one attached hydrogen (secondary N) is 2. The molecule has 2 unspecified atom stereocenters. The number of hydrogen-bond donors (Lipinski definition) is 2. The van der Waals surface area contributed by atoms with Crippen LogP contribution in [0.3, 0.4) is 0 Å². The van der Waals surface area contributed by atoms with E-state index >= 15 is 0 Å². The summed E-state index contributed by atoms with van der Waals surface area (Å²) in [4.78, 5) is 10.0. The molecule has 2 saturated heterocycles. The van der Waals surface area contributed by atoms with Crippen molar-refractivity contribution in [3.8, 4) is 0 Å². The van der Waals surface area contributed by atoms with Gasteiger partial charge in [-0.05, 0) is 48.9 Å². The Hall–Kier alpha value is -2.46. The van der Waals surface area contributed by atoms with E-state index in [1.54, 1.807) is 0 Å². The van der Waals surface area contributed by atoms with E-state index in [2.05, 4.69) is 46.6 Å². The van der Waals surface area contributed by atoms with Crippen LogP contribution in [0.15, 0.2) is 36.4 Å². The van der Waals surface area contributed by atoms with Crippen LogP contribution in [0.5, 0.6) is 0 Å². The van der Waals surface area contributed by atoms with Gasteiger partial charge in [0.25, 0.3) is 0 Å². The minimum Gasteiger partial charge on any atom is -0.381 e. The summed E-state index contributed by atoms with van der Waals surface area (Å²) in [6, 6.07) is 11.2. The number of nitrogens with zero attached hydrogens (tertiary/aromatic N) is 3. The molecule has 4 rings (SSSR count). The predicted octanol–water partition coefficient (Wildman–Crippen LogP) is 5.01. The van der Waals surface area contributed by atoms with Crippen molar-refractivity contribution in [2.24, 2.45) is 11.8 Å². The fourth-order valence-corrected chi connectivity index (χ4v) is 5.33. The molecule has 35 heavy (non-hydrogen) atoms. The third kappa shape index (κ3) is 6.41. The summed E-state index contributed by atoms with van der Waals surface area (Å²) in [6.45, 7) is 7.33. The van der Waals surface area contributed by atoms with Gasteiger partial charge in [-0.2, -0.15) is 18.2 Å². The quantitative estimate of drug-likeness (QED) is 0.552. The standard InChI is InChI=1S/C25H32F3N5OS/c1-17-12-18(2)15-33(14-17)21-13-20(25(26,27)28)30-22(31-21)32-23(35)29-16-24(8-10-34-11-9-24)19-6-4-3-5-7-19/h3-7,13,17-18H,8-12,14-16H2,1-2H3,(H2,29,30,31,32,35). The van der Waals surface area contributed by atoms with Crippen LogP contribution in [0.1, 0.15) is 44.4 Å². The number of rotatable bonds is 5. The fourth-order valence-electron chi connectivity index (χ4n) is 5.16. The number of anilines is 2. The lowest BCUT2D eigenvalue weighted by molar-refractivity contribution is -0.141. The Morgan fingerprint density at radius 3 is 2.40 bits per heavy atom. The Kier molecular flexibility index (Phi) is 7.80. The second-order valence-corrected chi connectivity index (χ2v) is 10.3. The Bertz CT molecular complexity index is 1000. The number of hydrogen-bond acceptors (Lipinski definition) is 5. The van der Waals surface area contributed by atoms with Crippen LogP contribution in [0.2, 0.25) is 0 Å². The molecule has 3 heterocycles. The Labute approximate surface area is 209 Å². The van der Waals surface area contributed by atoms with E-state index in [4.69, 9.17) is 17.0 Å². The molecule has 10 heteroatoms. The van der Waals surface area contributed by atoms with Crippen LogP contribution >= 0.6 is 12.2 Å². The van der Waals surface area contributed by atoms with E-state index in [9.17, 15) is 13.2 Å². The average Bonchev–Trinajstić information content (AvgIpc) is 2.82. The summed E-state index contributed by atoms with van der Waals surface area (Å²) in [5.41, 5.74) is 0.0268. The van der Waals surface area contributed by atoms with Crippen molar-refractivity contribution in [2.75, 3.05) is 43.1 Å². The van der Waals surface area contributed by atoms with E-state index in [-0.39, 0.29) is 22.3 Å². The fraction of sp³-hybridized carbons (Fsp3) is 0.560. The van der Waals surface area contributed by atoms with Crippen molar-refractivity contribution in [3.63, 3.8) is 0 Å². The highest BCUT2D eigenvalue weighted by molar-refractivity contribution is 7.80. The smallest absolute Gasteiger partial charge is 0.381 e. The summed E-state index contributed by atoms with van der Waals surface area (Å²) in [7, 11) is 0. The van der Waals surface area contributed by atoms with Gasteiger partial charge in [0.15, 0.2) is 10.8 Å². The molecular weight excluding hydrogens is 475 g/mol. The monoisotopic (exact) mass is 507 g/mol. The Morgan fingerprint density at radius 1 is 1.11 bits per heavy atom. The first-order valence-electron chi connectivity index (χ1n) is 12.0. The predicted molar refractivity (Wildman–Crippen MR) is 135 cm³/mol. The summed E-state index contributed by atoms with van der Waals surface area (Å²) >= 11 is 5.45. The first-order chi connectivity index (χ1) is 16.6. The zero-order valence-corrected chi connectivity index (χ0v) is 20.9. The van der Waals surface area contributed by atoms with Gasteiger partial charge < -0.3 is 20.3 Å². The van der Waals surface area contributed by atoms with Gasteiger partial charge in [-0.1, -0.05) is 44.2 Å². The van der Waals surface area contributed by atoms with Crippen molar-refractivity contribution >= 4 is 29.1 Å². The second kappa shape index (κ2) is 10.7. The highest BCUT2D eigenvalue weighted by atomic mass is 32.1. The number of aromatic nitrogens is 2. The molecule has 0 aliphatic carbocycles. The van der Waals surface area contributed by atoms with Gasteiger partial charge in [0.1, 0.15) is 5.82 Å². The molecule has 0 bridgehead atoms. The first kappa shape index (κ1) is 25.6. The van der Waals surface area contributed by atoms with Gasteiger partial charge in [0.2, 0.25) is 5.95 Å². The maximum atomic E-state index is 13.6. The van der Waals surface area contributed by atoms with Crippen LogP contribution < -0.4 is 15.5 Å². The van der Waals surface area contributed by atoms with E-state index < -0.39 is 11.9 Å². The number of alkyl halides is 3. The average molecular weight is 508 g/mol. The molecule has 2 aromatic rings. The molecule has 2 aliphatic heterocycles. The molecule has 190 valence electrons. The van der Waals surface area contributed by atoms with Crippen LogP contribution in [0.4, 0.5) is 24.9 Å². The zero-order chi connectivity index (χ0) is 25.1. The van der Waals surface area contributed by atoms with Gasteiger partial charge >= 0.3 is 6.18 Å². The number of halogens is 3. The Morgan fingerprint density at radius 2 is 1.77 bits per heavy atom. The van der Waals surface area contributed by atoms with Crippen LogP contribution in [0, 0.1) is 11.8 Å². The molecule has 0 saturated carbocycles. The molecule has 2 aliphatic rings. The normalized spacial score (nSPS) is 22.5. The van der Waals surface area contributed by atoms with Crippen molar-refractivity contribution in [3.05, 3.63) is 47.7 Å². The zero-order valence-electron chi connectivity index (χ0n) is 20.1. The summed E-state index contributed by atoms with van der Waals surface area (Å²) < 4.78 is 46.5. The van der Waals surface area contributed by atoms with Crippen LogP contribution in [-0.4, -0.2) is 47.9 Å². The van der Waals surface area contributed by atoms with Gasteiger partial charge in [-0.3, -0.25) is 0 Å². The highest BCUT2D eigenvalue weighted by Gasteiger charge is 2.36. The molecule has 2 fully saturated rings. The SMILES string of the molecule is CC1CC(C)CN(c2cc(C(F)(F)F)nc(NC(=S)NCC3(c4ccccc4)CCOCC3)n2)C1. The molecule has 0 radical (unpaired) electrons. The van der Waals surface area contributed by atoms with Crippen molar-refractivity contribution < 1.29 is 17.9 Å². The van der Waals surface area contributed by atoms with E-state index in [0.29, 0.717) is 44.7 Å². The maximum Gasteiger partial charge on any atom is 0.433 e. The third-order valence-corrected chi connectivity index (χ3v) is 7.09. The van der Waals surface area contributed by atoms with Crippen molar-refractivity contribution in [2.45, 2.75) is 44.7 Å². The largest absolute Gasteiger partial charge is 0.433 e. The summed E-state index contributed by atoms with van der Waals surface area (Å²) in [5.74, 6) is 0.854. The van der Waals surface area contributed by atoms with E-state index in [1.165, 1.54) is 5.56 Å². The summed E-state index contributed by atoms with van der Waals surface area (Å²) in [6.07, 6.45) is -1.90. The van der Waals surface area contributed by atoms with Gasteiger partial charge in [0.05, 0.1) is 0 Å².